The maximum Gasteiger partial charge on any atom is 0.220 e. The summed E-state index contributed by atoms with van der Waals surface area (Å²) in [5.41, 5.74) is 0. The van der Waals surface area contributed by atoms with Crippen molar-refractivity contribution >= 4 is 5.91 Å². The van der Waals surface area contributed by atoms with Crippen molar-refractivity contribution in [1.82, 2.24) is 5.32 Å². The molecule has 9 heteroatoms. The van der Waals surface area contributed by atoms with Crippen LogP contribution in [0.15, 0.2) is 60.8 Å². The minimum absolute atomic E-state index is 0.207. The molecule has 1 fully saturated rings. The van der Waals surface area contributed by atoms with Gasteiger partial charge in [-0.05, 0) is 57.8 Å². The Morgan fingerprint density at radius 2 is 1.07 bits per heavy atom. The molecule has 0 bridgehead atoms. The van der Waals surface area contributed by atoms with E-state index in [0.717, 1.165) is 57.8 Å². The summed E-state index contributed by atoms with van der Waals surface area (Å²) in [6.07, 6.45) is 44.1. The van der Waals surface area contributed by atoms with Crippen molar-refractivity contribution in [3.05, 3.63) is 60.8 Å². The van der Waals surface area contributed by atoms with Gasteiger partial charge in [-0.15, -0.1) is 0 Å². The van der Waals surface area contributed by atoms with Crippen LogP contribution in [0.1, 0.15) is 187 Å². The summed E-state index contributed by atoms with van der Waals surface area (Å²) in [5, 5.41) is 54.2. The van der Waals surface area contributed by atoms with Crippen LogP contribution < -0.4 is 5.32 Å². The molecule has 6 N–H and O–H groups in total. The van der Waals surface area contributed by atoms with E-state index in [2.05, 4.69) is 67.8 Å². The lowest BCUT2D eigenvalue weighted by atomic mass is 9.99. The van der Waals surface area contributed by atoms with Gasteiger partial charge in [0.2, 0.25) is 5.91 Å². The molecule has 7 atom stereocenters. The number of amides is 1. The quantitative estimate of drug-likeness (QED) is 0.0267. The van der Waals surface area contributed by atoms with Crippen LogP contribution >= 0.6 is 0 Å². The standard InChI is InChI=1S/C49H87NO8/c1-3-5-7-9-11-13-15-17-19-20-21-22-23-25-26-28-30-32-34-36-38-43(52)42(41-57-49-48(56)47(55)46(54)44(40-51)58-49)50-45(53)39-37-35-33-31-29-27-24-18-16-14-12-10-8-6-4-2/h6,8,12,14,18,24,29,31,36,38,42-44,46-49,51-52,54-56H,3-5,7,9-11,13,15-17,19-23,25-28,30,32-35,37,39-41H2,1-2H3,(H,50,53)/b8-6-,14-12-,24-18-,31-29-,38-36+. The summed E-state index contributed by atoms with van der Waals surface area (Å²) < 4.78 is 11.2. The molecular formula is C49H87NO8. The average Bonchev–Trinajstić information content (AvgIpc) is 3.22. The summed E-state index contributed by atoms with van der Waals surface area (Å²) in [6, 6.07) is -0.828. The lowest BCUT2D eigenvalue weighted by Crippen LogP contribution is -2.60. The highest BCUT2D eigenvalue weighted by molar-refractivity contribution is 5.76. The minimum Gasteiger partial charge on any atom is -0.394 e. The monoisotopic (exact) mass is 818 g/mol. The molecule has 0 radical (unpaired) electrons. The molecule has 1 amide bonds. The molecule has 9 nitrogen and oxygen atoms in total. The van der Waals surface area contributed by atoms with Crippen molar-refractivity contribution in [1.29, 1.82) is 0 Å². The smallest absolute Gasteiger partial charge is 0.220 e. The third kappa shape index (κ3) is 29.2. The van der Waals surface area contributed by atoms with Crippen LogP contribution in [0.5, 0.6) is 0 Å². The van der Waals surface area contributed by atoms with E-state index in [1.807, 2.05) is 6.08 Å². The molecule has 0 aromatic carbocycles. The van der Waals surface area contributed by atoms with Crippen LogP contribution in [0.4, 0.5) is 0 Å². The van der Waals surface area contributed by atoms with Crippen LogP contribution in [0.3, 0.4) is 0 Å². The topological polar surface area (TPSA) is 149 Å². The van der Waals surface area contributed by atoms with Crippen molar-refractivity contribution in [3.63, 3.8) is 0 Å². The normalized spacial score (nSPS) is 21.4. The largest absolute Gasteiger partial charge is 0.394 e. The van der Waals surface area contributed by atoms with E-state index >= 15 is 0 Å². The summed E-state index contributed by atoms with van der Waals surface area (Å²) in [6.45, 7) is 3.63. The van der Waals surface area contributed by atoms with Crippen LogP contribution in [-0.2, 0) is 14.3 Å². The second-order valence-corrected chi connectivity index (χ2v) is 16.2. The van der Waals surface area contributed by atoms with Gasteiger partial charge >= 0.3 is 0 Å². The molecule has 0 aromatic heterocycles. The minimum atomic E-state index is -1.58. The highest BCUT2D eigenvalue weighted by Crippen LogP contribution is 2.22. The fourth-order valence-corrected chi connectivity index (χ4v) is 7.09. The van der Waals surface area contributed by atoms with Crippen LogP contribution in [0.2, 0.25) is 0 Å². The lowest BCUT2D eigenvalue weighted by molar-refractivity contribution is -0.302. The number of hydrogen-bond donors (Lipinski definition) is 6. The Labute approximate surface area is 354 Å². The van der Waals surface area contributed by atoms with Gasteiger partial charge in [-0.1, -0.05) is 184 Å². The number of carbonyl (C=O) groups excluding carboxylic acids is 1. The van der Waals surface area contributed by atoms with Gasteiger partial charge in [-0.2, -0.15) is 0 Å². The number of hydrogen-bond acceptors (Lipinski definition) is 8. The van der Waals surface area contributed by atoms with Gasteiger partial charge in [0.25, 0.3) is 0 Å². The molecule has 1 rings (SSSR count). The first-order chi connectivity index (χ1) is 28.3. The molecule has 1 heterocycles. The fourth-order valence-electron chi connectivity index (χ4n) is 7.09. The number of allylic oxidation sites excluding steroid dienone is 9. The van der Waals surface area contributed by atoms with Crippen LogP contribution in [0, 0.1) is 0 Å². The number of carbonyl (C=O) groups is 1. The van der Waals surface area contributed by atoms with Gasteiger partial charge in [0.05, 0.1) is 25.4 Å². The number of nitrogens with one attached hydrogen (secondary N) is 1. The Bertz CT molecular complexity index is 1090. The average molecular weight is 818 g/mol. The molecule has 1 aliphatic heterocycles. The van der Waals surface area contributed by atoms with E-state index < -0.39 is 49.5 Å². The van der Waals surface area contributed by atoms with Crippen molar-refractivity contribution < 1.29 is 39.8 Å². The van der Waals surface area contributed by atoms with Gasteiger partial charge in [-0.25, -0.2) is 0 Å². The first-order valence-electron chi connectivity index (χ1n) is 23.5. The molecule has 7 unspecified atom stereocenters. The fraction of sp³-hybridized carbons (Fsp3) is 0.776. The second-order valence-electron chi connectivity index (χ2n) is 16.2. The molecular weight excluding hydrogens is 731 g/mol. The Kier molecular flexibility index (Phi) is 36.3. The highest BCUT2D eigenvalue weighted by Gasteiger charge is 2.44. The second kappa shape index (κ2) is 39.1. The number of ether oxygens (including phenoxy) is 2. The molecule has 58 heavy (non-hydrogen) atoms. The zero-order valence-electron chi connectivity index (χ0n) is 36.8. The van der Waals surface area contributed by atoms with Gasteiger partial charge < -0.3 is 40.3 Å². The molecule has 336 valence electrons. The van der Waals surface area contributed by atoms with Gasteiger partial charge in [0.15, 0.2) is 6.29 Å². The first-order valence-corrected chi connectivity index (χ1v) is 23.5. The summed E-state index contributed by atoms with van der Waals surface area (Å²) in [7, 11) is 0. The van der Waals surface area contributed by atoms with Crippen LogP contribution in [-0.4, -0.2) is 87.5 Å². The summed E-state index contributed by atoms with van der Waals surface area (Å²) >= 11 is 0. The van der Waals surface area contributed by atoms with Crippen molar-refractivity contribution in [2.24, 2.45) is 0 Å². The Morgan fingerprint density at radius 3 is 1.59 bits per heavy atom. The van der Waals surface area contributed by atoms with E-state index in [4.69, 9.17) is 9.47 Å². The van der Waals surface area contributed by atoms with E-state index in [-0.39, 0.29) is 12.5 Å². The number of aliphatic hydroxyl groups excluding tert-OH is 5. The summed E-state index contributed by atoms with van der Waals surface area (Å²) in [4.78, 5) is 12.9. The molecule has 1 aliphatic rings. The van der Waals surface area contributed by atoms with E-state index in [1.165, 1.54) is 103 Å². The van der Waals surface area contributed by atoms with Crippen molar-refractivity contribution in [2.75, 3.05) is 13.2 Å². The molecule has 0 saturated carbocycles. The molecule has 1 saturated heterocycles. The van der Waals surface area contributed by atoms with Gasteiger partial charge in [-0.3, -0.25) is 4.79 Å². The van der Waals surface area contributed by atoms with E-state index in [0.29, 0.717) is 12.8 Å². The van der Waals surface area contributed by atoms with Crippen LogP contribution in [0.25, 0.3) is 0 Å². The maximum absolute atomic E-state index is 12.9. The number of unbranched alkanes of at least 4 members (excludes halogenated alkanes) is 20. The Hall–Kier alpha value is -2.11. The number of rotatable bonds is 38. The van der Waals surface area contributed by atoms with Gasteiger partial charge in [0.1, 0.15) is 24.4 Å². The maximum atomic E-state index is 12.9. The molecule has 0 spiro atoms. The highest BCUT2D eigenvalue weighted by atomic mass is 16.7. The zero-order valence-corrected chi connectivity index (χ0v) is 36.8. The zero-order chi connectivity index (χ0) is 42.3. The van der Waals surface area contributed by atoms with E-state index in [9.17, 15) is 30.3 Å². The predicted octanol–water partition coefficient (Wildman–Crippen LogP) is 10.0. The first kappa shape index (κ1) is 53.9. The Morgan fingerprint density at radius 1 is 0.603 bits per heavy atom. The third-order valence-corrected chi connectivity index (χ3v) is 10.8. The number of aliphatic hydroxyl groups is 5. The molecule has 0 aromatic rings. The predicted molar refractivity (Wildman–Crippen MR) is 239 cm³/mol. The van der Waals surface area contributed by atoms with E-state index in [1.54, 1.807) is 6.08 Å². The van der Waals surface area contributed by atoms with Crippen molar-refractivity contribution in [2.45, 2.75) is 230 Å². The van der Waals surface area contributed by atoms with Gasteiger partial charge in [0, 0.05) is 6.42 Å². The SMILES string of the molecule is CC/C=C\C/C=C\C/C=C\C/C=C\CCCCC(=O)NC(COC1OC(CO)C(O)C(O)C1O)C(O)/C=C/CCCCCCCCCCCCCCCCCCCC. The molecule has 0 aliphatic carbocycles. The van der Waals surface area contributed by atoms with Crippen molar-refractivity contribution in [3.8, 4) is 0 Å². The third-order valence-electron chi connectivity index (χ3n) is 10.8. The lowest BCUT2D eigenvalue weighted by Gasteiger charge is -2.40. The Balaban J connectivity index is 2.37. The summed E-state index contributed by atoms with van der Waals surface area (Å²) in [5.74, 6) is -0.219.